The number of benzene rings is 4. The van der Waals surface area contributed by atoms with E-state index in [9.17, 15) is 19.7 Å². The number of rotatable bonds is 9. The van der Waals surface area contributed by atoms with Crippen LogP contribution in [0, 0.1) is 17.0 Å². The Kier molecular flexibility index (Phi) is 8.55. The highest BCUT2D eigenvalue weighted by molar-refractivity contribution is 8.00. The first kappa shape index (κ1) is 26.6. The molecule has 192 valence electrons. The van der Waals surface area contributed by atoms with E-state index in [0.29, 0.717) is 5.69 Å². The van der Waals surface area contributed by atoms with E-state index in [4.69, 9.17) is 0 Å². The van der Waals surface area contributed by atoms with E-state index < -0.39 is 16.1 Å². The van der Waals surface area contributed by atoms with Crippen molar-refractivity contribution in [2.75, 3.05) is 10.6 Å². The molecule has 0 fully saturated rings. The molecule has 38 heavy (non-hydrogen) atoms. The average molecular weight is 526 g/mol. The highest BCUT2D eigenvalue weighted by Crippen LogP contribution is 2.38. The lowest BCUT2D eigenvalue weighted by atomic mass is 10.1. The Morgan fingerprint density at radius 3 is 2.37 bits per heavy atom. The first-order valence-electron chi connectivity index (χ1n) is 12.1. The number of carbonyl (C=O) groups excluding carboxylic acids is 2. The van der Waals surface area contributed by atoms with E-state index in [-0.39, 0.29) is 17.2 Å². The molecule has 0 spiro atoms. The molecule has 7 nitrogen and oxygen atoms in total. The summed E-state index contributed by atoms with van der Waals surface area (Å²) in [6, 6.07) is 28.3. The van der Waals surface area contributed by atoms with E-state index in [1.807, 2.05) is 61.5 Å². The molecule has 4 aromatic carbocycles. The van der Waals surface area contributed by atoms with Crippen LogP contribution in [-0.2, 0) is 11.2 Å². The molecule has 0 radical (unpaired) electrons. The van der Waals surface area contributed by atoms with Crippen molar-refractivity contribution in [2.45, 2.75) is 30.4 Å². The Labute approximate surface area is 225 Å². The third-order valence-electron chi connectivity index (χ3n) is 5.99. The number of nitrogens with zero attached hydrogens (tertiary/aromatic N) is 1. The smallest absolute Gasteiger partial charge is 0.270 e. The third-order valence-corrected chi connectivity index (χ3v) is 7.24. The summed E-state index contributed by atoms with van der Waals surface area (Å²) >= 11 is 1.38. The SMILES string of the molecule is CCc1cccc(C)c1NC(=O)C(Sc1cccc(NC(=O)c2cccc([N+](=O)[O-])c2)c1)c1ccccc1. The molecule has 0 aliphatic heterocycles. The van der Waals surface area contributed by atoms with Gasteiger partial charge in [0, 0.05) is 34.0 Å². The summed E-state index contributed by atoms with van der Waals surface area (Å²) in [5.74, 6) is -0.601. The van der Waals surface area contributed by atoms with Gasteiger partial charge in [0.15, 0.2) is 0 Å². The van der Waals surface area contributed by atoms with Crippen LogP contribution in [0.3, 0.4) is 0 Å². The first-order valence-corrected chi connectivity index (χ1v) is 13.0. The zero-order chi connectivity index (χ0) is 27.1. The second-order valence-electron chi connectivity index (χ2n) is 8.65. The van der Waals surface area contributed by atoms with Crippen LogP contribution in [0.5, 0.6) is 0 Å². The van der Waals surface area contributed by atoms with Crippen molar-refractivity contribution < 1.29 is 14.5 Å². The molecule has 2 amide bonds. The van der Waals surface area contributed by atoms with E-state index in [2.05, 4.69) is 17.6 Å². The maximum Gasteiger partial charge on any atom is 0.270 e. The quantitative estimate of drug-likeness (QED) is 0.137. The predicted octanol–water partition coefficient (Wildman–Crippen LogP) is 7.19. The molecule has 0 saturated heterocycles. The molecule has 0 bridgehead atoms. The molecular weight excluding hydrogens is 498 g/mol. The van der Waals surface area contributed by atoms with Crippen molar-refractivity contribution in [1.29, 1.82) is 0 Å². The summed E-state index contributed by atoms with van der Waals surface area (Å²) in [5, 5.41) is 16.5. The molecule has 8 heteroatoms. The average Bonchev–Trinajstić information content (AvgIpc) is 2.93. The Hall–Kier alpha value is -4.43. The zero-order valence-electron chi connectivity index (χ0n) is 21.0. The Bertz CT molecular complexity index is 1470. The number of non-ortho nitro benzene ring substituents is 1. The van der Waals surface area contributed by atoms with Gasteiger partial charge in [-0.15, -0.1) is 11.8 Å². The molecule has 0 saturated carbocycles. The maximum atomic E-state index is 13.6. The second-order valence-corrected chi connectivity index (χ2v) is 9.83. The molecule has 4 rings (SSSR count). The van der Waals surface area contributed by atoms with E-state index in [1.54, 1.807) is 18.2 Å². The highest BCUT2D eigenvalue weighted by atomic mass is 32.2. The monoisotopic (exact) mass is 525 g/mol. The number of carbonyl (C=O) groups is 2. The molecule has 0 aromatic heterocycles. The number of nitro groups is 1. The molecule has 0 heterocycles. The molecule has 2 N–H and O–H groups in total. The van der Waals surface area contributed by atoms with Crippen molar-refractivity contribution in [2.24, 2.45) is 0 Å². The molecule has 1 atom stereocenters. The maximum absolute atomic E-state index is 13.6. The van der Waals surface area contributed by atoms with Gasteiger partial charge in [0.1, 0.15) is 5.25 Å². The van der Waals surface area contributed by atoms with Crippen LogP contribution in [0.2, 0.25) is 0 Å². The molecule has 0 aliphatic rings. The second kappa shape index (κ2) is 12.2. The number of thioether (sulfide) groups is 1. The molecule has 4 aromatic rings. The number of para-hydroxylation sites is 1. The standard InChI is InChI=1S/C30H27N3O4S/c1-3-21-13-7-10-20(2)27(21)32-30(35)28(22-11-5-4-6-12-22)38-26-17-9-15-24(19-26)31-29(34)23-14-8-16-25(18-23)33(36)37/h4-19,28H,3H2,1-2H3,(H,31,34)(H,32,35). The van der Waals surface area contributed by atoms with Crippen LogP contribution in [0.25, 0.3) is 0 Å². The van der Waals surface area contributed by atoms with Crippen molar-refractivity contribution >= 4 is 40.6 Å². The minimum absolute atomic E-state index is 0.142. The van der Waals surface area contributed by atoms with Crippen LogP contribution >= 0.6 is 11.8 Å². The Balaban J connectivity index is 1.57. The van der Waals surface area contributed by atoms with Gasteiger partial charge in [-0.05, 0) is 54.3 Å². The number of aryl methyl sites for hydroxylation is 2. The predicted molar refractivity (Wildman–Crippen MR) is 152 cm³/mol. The lowest BCUT2D eigenvalue weighted by Gasteiger charge is -2.20. The van der Waals surface area contributed by atoms with Crippen molar-refractivity contribution in [3.8, 4) is 0 Å². The lowest BCUT2D eigenvalue weighted by molar-refractivity contribution is -0.384. The van der Waals surface area contributed by atoms with Gasteiger partial charge < -0.3 is 10.6 Å². The van der Waals surface area contributed by atoms with E-state index in [1.165, 1.54) is 36.0 Å². The summed E-state index contributed by atoms with van der Waals surface area (Å²) in [5.41, 5.74) is 4.31. The molecular formula is C30H27N3O4S. The highest BCUT2D eigenvalue weighted by Gasteiger charge is 2.24. The van der Waals surface area contributed by atoms with Crippen molar-refractivity contribution in [1.82, 2.24) is 0 Å². The van der Waals surface area contributed by atoms with Crippen LogP contribution in [0.4, 0.5) is 17.1 Å². The summed E-state index contributed by atoms with van der Waals surface area (Å²) < 4.78 is 0. The summed E-state index contributed by atoms with van der Waals surface area (Å²) in [6.07, 6.45) is 0.798. The summed E-state index contributed by atoms with van der Waals surface area (Å²) in [4.78, 5) is 37.7. The normalized spacial score (nSPS) is 11.4. The van der Waals surface area contributed by atoms with Crippen molar-refractivity contribution in [3.05, 3.63) is 129 Å². The number of hydrogen-bond donors (Lipinski definition) is 2. The van der Waals surface area contributed by atoms with Gasteiger partial charge in [0.2, 0.25) is 5.91 Å². The minimum Gasteiger partial charge on any atom is -0.324 e. The van der Waals surface area contributed by atoms with Gasteiger partial charge in [-0.2, -0.15) is 0 Å². The summed E-state index contributed by atoms with van der Waals surface area (Å²) in [6.45, 7) is 4.04. The topological polar surface area (TPSA) is 101 Å². The number of anilines is 2. The van der Waals surface area contributed by atoms with Gasteiger partial charge in [-0.25, -0.2) is 0 Å². The molecule has 1 unspecified atom stereocenters. The fraction of sp³-hybridized carbons (Fsp3) is 0.133. The van der Waals surface area contributed by atoms with Crippen LogP contribution < -0.4 is 10.6 Å². The number of nitro benzene ring substituents is 1. The zero-order valence-corrected chi connectivity index (χ0v) is 21.8. The lowest BCUT2D eigenvalue weighted by Crippen LogP contribution is -2.20. The van der Waals surface area contributed by atoms with Crippen LogP contribution in [0.1, 0.15) is 39.2 Å². The minimum atomic E-state index is -0.539. The molecule has 0 aliphatic carbocycles. The third kappa shape index (κ3) is 6.46. The van der Waals surface area contributed by atoms with Gasteiger partial charge in [0.25, 0.3) is 11.6 Å². The Morgan fingerprint density at radius 1 is 0.895 bits per heavy atom. The number of nitrogens with one attached hydrogen (secondary N) is 2. The van der Waals surface area contributed by atoms with E-state index >= 15 is 0 Å². The summed E-state index contributed by atoms with van der Waals surface area (Å²) in [7, 11) is 0. The van der Waals surface area contributed by atoms with Gasteiger partial charge in [0.05, 0.1) is 4.92 Å². The van der Waals surface area contributed by atoms with E-state index in [0.717, 1.165) is 33.7 Å². The van der Waals surface area contributed by atoms with Crippen LogP contribution in [-0.4, -0.2) is 16.7 Å². The van der Waals surface area contributed by atoms with Gasteiger partial charge >= 0.3 is 0 Å². The van der Waals surface area contributed by atoms with Crippen LogP contribution in [0.15, 0.2) is 102 Å². The number of hydrogen-bond acceptors (Lipinski definition) is 5. The largest absolute Gasteiger partial charge is 0.324 e. The van der Waals surface area contributed by atoms with Gasteiger partial charge in [-0.1, -0.05) is 67.6 Å². The number of amides is 2. The van der Waals surface area contributed by atoms with Crippen molar-refractivity contribution in [3.63, 3.8) is 0 Å². The van der Waals surface area contributed by atoms with Gasteiger partial charge in [-0.3, -0.25) is 19.7 Å². The Morgan fingerprint density at radius 2 is 1.63 bits per heavy atom. The fourth-order valence-corrected chi connectivity index (χ4v) is 5.12. The fourth-order valence-electron chi connectivity index (χ4n) is 4.04. The first-order chi connectivity index (χ1) is 18.4.